The molecule has 1 fully saturated rings. The van der Waals surface area contributed by atoms with Crippen LogP contribution in [-0.2, 0) is 9.53 Å². The van der Waals surface area contributed by atoms with E-state index in [0.29, 0.717) is 12.8 Å². The molecule has 0 radical (unpaired) electrons. The fourth-order valence-electron chi connectivity index (χ4n) is 2.78. The molecule has 1 aliphatic heterocycles. The Balaban J connectivity index is 2.65. The lowest BCUT2D eigenvalue weighted by Crippen LogP contribution is -2.44. The molecule has 1 rings (SSSR count). The predicted octanol–water partition coefficient (Wildman–Crippen LogP) is 2.59. The van der Waals surface area contributed by atoms with E-state index in [0.717, 1.165) is 32.5 Å². The summed E-state index contributed by atoms with van der Waals surface area (Å²) in [6.07, 6.45) is 3.38. The van der Waals surface area contributed by atoms with Gasteiger partial charge in [0, 0.05) is 6.54 Å². The number of likely N-dealkylation sites (tertiary alicyclic amines) is 1. The Morgan fingerprint density at radius 2 is 2.00 bits per heavy atom. The minimum absolute atomic E-state index is 0.288. The molecule has 0 aliphatic carbocycles. The summed E-state index contributed by atoms with van der Waals surface area (Å²) in [4.78, 5) is 14.6. The van der Waals surface area contributed by atoms with Crippen molar-refractivity contribution in [3.8, 4) is 0 Å². The number of ether oxygens (including phenoxy) is 1. The number of hydrogen-bond donors (Lipinski definition) is 1. The summed E-state index contributed by atoms with van der Waals surface area (Å²) in [7, 11) is 0. The van der Waals surface area contributed by atoms with Gasteiger partial charge in [-0.2, -0.15) is 0 Å². The molecule has 2 atom stereocenters. The van der Waals surface area contributed by atoms with Crippen molar-refractivity contribution >= 4 is 5.97 Å². The Bertz CT molecular complexity index is 324. The van der Waals surface area contributed by atoms with Crippen molar-refractivity contribution in [3.05, 3.63) is 0 Å². The van der Waals surface area contributed by atoms with Crippen LogP contribution in [-0.4, -0.2) is 46.8 Å². The molecular weight excluding hydrogens is 254 g/mol. The summed E-state index contributed by atoms with van der Waals surface area (Å²) in [6, 6.07) is 0. The van der Waals surface area contributed by atoms with Gasteiger partial charge in [0.25, 0.3) is 0 Å². The molecule has 1 saturated heterocycles. The maximum atomic E-state index is 12.2. The molecule has 0 aromatic carbocycles. The van der Waals surface area contributed by atoms with Crippen molar-refractivity contribution < 1.29 is 14.6 Å². The molecule has 4 nitrogen and oxygen atoms in total. The van der Waals surface area contributed by atoms with Crippen molar-refractivity contribution in [3.63, 3.8) is 0 Å². The summed E-state index contributed by atoms with van der Waals surface area (Å²) in [6.45, 7) is 12.5. The third kappa shape index (κ3) is 5.06. The topological polar surface area (TPSA) is 49.8 Å². The van der Waals surface area contributed by atoms with Gasteiger partial charge in [-0.25, -0.2) is 0 Å². The van der Waals surface area contributed by atoms with Gasteiger partial charge in [-0.3, -0.25) is 4.79 Å². The van der Waals surface area contributed by atoms with E-state index in [9.17, 15) is 9.90 Å². The van der Waals surface area contributed by atoms with Crippen LogP contribution in [0.5, 0.6) is 0 Å². The summed E-state index contributed by atoms with van der Waals surface area (Å²) in [5.41, 5.74) is -1.43. The Morgan fingerprint density at radius 1 is 1.35 bits per heavy atom. The highest BCUT2D eigenvalue weighted by Gasteiger charge is 2.41. The number of esters is 1. The average molecular weight is 285 g/mol. The number of hydrogen-bond acceptors (Lipinski definition) is 4. The molecule has 20 heavy (non-hydrogen) atoms. The molecule has 0 bridgehead atoms. The van der Waals surface area contributed by atoms with Crippen LogP contribution in [0.15, 0.2) is 0 Å². The lowest BCUT2D eigenvalue weighted by Gasteiger charge is -2.33. The Labute approximate surface area is 123 Å². The van der Waals surface area contributed by atoms with Crippen molar-refractivity contribution in [2.45, 2.75) is 71.5 Å². The maximum absolute atomic E-state index is 12.2. The van der Waals surface area contributed by atoms with Gasteiger partial charge in [0.15, 0.2) is 0 Å². The molecular formula is C16H31NO3. The average Bonchev–Trinajstić information content (AvgIpc) is 2.50. The zero-order valence-corrected chi connectivity index (χ0v) is 13.7. The van der Waals surface area contributed by atoms with E-state index in [4.69, 9.17) is 4.74 Å². The highest BCUT2D eigenvalue weighted by Crippen LogP contribution is 2.31. The van der Waals surface area contributed by atoms with Gasteiger partial charge in [0.05, 0.1) is 11.5 Å². The molecule has 0 saturated carbocycles. The van der Waals surface area contributed by atoms with Crippen LogP contribution in [0.4, 0.5) is 0 Å². The van der Waals surface area contributed by atoms with E-state index >= 15 is 0 Å². The SMILES string of the molecule is CCCN1CCCC(O)(C(C)C(=O)OC(C)(C)C)CC1. The first-order chi connectivity index (χ1) is 9.18. The van der Waals surface area contributed by atoms with E-state index < -0.39 is 17.1 Å². The number of carbonyl (C=O) groups excluding carboxylic acids is 1. The largest absolute Gasteiger partial charge is 0.460 e. The summed E-state index contributed by atoms with van der Waals surface area (Å²) >= 11 is 0. The molecule has 118 valence electrons. The third-order valence-electron chi connectivity index (χ3n) is 4.05. The van der Waals surface area contributed by atoms with E-state index in [1.54, 1.807) is 6.92 Å². The fourth-order valence-corrected chi connectivity index (χ4v) is 2.78. The minimum Gasteiger partial charge on any atom is -0.460 e. The van der Waals surface area contributed by atoms with Gasteiger partial charge in [-0.15, -0.1) is 0 Å². The van der Waals surface area contributed by atoms with Gasteiger partial charge in [-0.1, -0.05) is 6.92 Å². The molecule has 1 N–H and O–H groups in total. The Hall–Kier alpha value is -0.610. The second kappa shape index (κ2) is 6.90. The fraction of sp³-hybridized carbons (Fsp3) is 0.938. The first kappa shape index (κ1) is 17.4. The maximum Gasteiger partial charge on any atom is 0.312 e. The monoisotopic (exact) mass is 285 g/mol. The molecule has 1 aliphatic rings. The van der Waals surface area contributed by atoms with Crippen LogP contribution in [0, 0.1) is 5.92 Å². The molecule has 0 aromatic heterocycles. The molecule has 0 amide bonds. The normalized spacial score (nSPS) is 26.9. The van der Waals surface area contributed by atoms with Crippen LogP contribution in [0.1, 0.15) is 60.3 Å². The van der Waals surface area contributed by atoms with Crippen molar-refractivity contribution in [2.24, 2.45) is 5.92 Å². The van der Waals surface area contributed by atoms with Gasteiger partial charge < -0.3 is 14.7 Å². The van der Waals surface area contributed by atoms with Crippen LogP contribution >= 0.6 is 0 Å². The van der Waals surface area contributed by atoms with E-state index in [1.807, 2.05) is 20.8 Å². The zero-order valence-electron chi connectivity index (χ0n) is 13.7. The van der Waals surface area contributed by atoms with Crippen LogP contribution < -0.4 is 0 Å². The summed E-state index contributed by atoms with van der Waals surface area (Å²) in [5, 5.41) is 10.8. The van der Waals surface area contributed by atoms with Crippen LogP contribution in [0.2, 0.25) is 0 Å². The first-order valence-corrected chi connectivity index (χ1v) is 7.85. The Morgan fingerprint density at radius 3 is 2.55 bits per heavy atom. The van der Waals surface area contributed by atoms with Crippen molar-refractivity contribution in [2.75, 3.05) is 19.6 Å². The minimum atomic E-state index is -0.926. The van der Waals surface area contributed by atoms with Gasteiger partial charge in [-0.05, 0) is 66.5 Å². The number of rotatable bonds is 4. The smallest absolute Gasteiger partial charge is 0.312 e. The van der Waals surface area contributed by atoms with Crippen molar-refractivity contribution in [1.29, 1.82) is 0 Å². The second-order valence-corrected chi connectivity index (χ2v) is 7.05. The third-order valence-corrected chi connectivity index (χ3v) is 4.05. The van der Waals surface area contributed by atoms with E-state index in [2.05, 4.69) is 11.8 Å². The molecule has 0 aromatic rings. The number of carbonyl (C=O) groups is 1. The zero-order chi connectivity index (χ0) is 15.4. The van der Waals surface area contributed by atoms with E-state index in [-0.39, 0.29) is 5.97 Å². The highest BCUT2D eigenvalue weighted by molar-refractivity contribution is 5.73. The number of nitrogens with zero attached hydrogens (tertiary/aromatic N) is 1. The van der Waals surface area contributed by atoms with Crippen LogP contribution in [0.3, 0.4) is 0 Å². The molecule has 1 heterocycles. The standard InChI is InChI=1S/C16H31NO3/c1-6-10-17-11-7-8-16(19,9-12-17)13(2)14(18)20-15(3,4)5/h13,19H,6-12H2,1-5H3. The highest BCUT2D eigenvalue weighted by atomic mass is 16.6. The second-order valence-electron chi connectivity index (χ2n) is 7.05. The van der Waals surface area contributed by atoms with Gasteiger partial charge >= 0.3 is 5.97 Å². The van der Waals surface area contributed by atoms with Gasteiger partial charge in [0.1, 0.15) is 5.60 Å². The first-order valence-electron chi connectivity index (χ1n) is 7.85. The molecule has 4 heteroatoms. The lowest BCUT2D eigenvalue weighted by atomic mass is 9.82. The van der Waals surface area contributed by atoms with E-state index in [1.165, 1.54) is 0 Å². The van der Waals surface area contributed by atoms with Crippen molar-refractivity contribution in [1.82, 2.24) is 4.90 Å². The quantitative estimate of drug-likeness (QED) is 0.807. The molecule has 2 unspecified atom stereocenters. The lowest BCUT2D eigenvalue weighted by molar-refractivity contribution is -0.169. The number of aliphatic hydroxyl groups is 1. The summed E-state index contributed by atoms with van der Waals surface area (Å²) < 4.78 is 5.42. The molecule has 0 spiro atoms. The summed E-state index contributed by atoms with van der Waals surface area (Å²) in [5.74, 6) is -0.757. The van der Waals surface area contributed by atoms with Gasteiger partial charge in [0.2, 0.25) is 0 Å². The predicted molar refractivity (Wildman–Crippen MR) is 80.5 cm³/mol. The Kier molecular flexibility index (Phi) is 6.02. The van der Waals surface area contributed by atoms with Crippen LogP contribution in [0.25, 0.3) is 0 Å².